The zero-order chi connectivity index (χ0) is 23.6. The highest BCUT2D eigenvalue weighted by atomic mass is 14.2. The van der Waals surface area contributed by atoms with Crippen LogP contribution in [0.4, 0.5) is 0 Å². The molecule has 6 rings (SSSR count). The van der Waals surface area contributed by atoms with Crippen molar-refractivity contribution in [3.8, 4) is 22.3 Å². The molecule has 0 unspecified atom stereocenters. The van der Waals surface area contributed by atoms with Gasteiger partial charge in [0.15, 0.2) is 0 Å². The van der Waals surface area contributed by atoms with E-state index in [-0.39, 0.29) is 0 Å². The van der Waals surface area contributed by atoms with Crippen molar-refractivity contribution in [2.24, 2.45) is 0 Å². The number of fused-ring (bicyclic) bond motifs is 3. The lowest BCUT2D eigenvalue weighted by Crippen LogP contribution is -1.93. The summed E-state index contributed by atoms with van der Waals surface area (Å²) in [6, 6.07) is 41.9. The normalized spacial score (nSPS) is 11.5. The maximum atomic E-state index is 3.84. The van der Waals surface area contributed by atoms with Gasteiger partial charge in [-0.05, 0) is 72.6 Å². The lowest BCUT2D eigenvalue weighted by atomic mass is 9.86. The smallest absolute Gasteiger partial charge is 0.00264 e. The van der Waals surface area contributed by atoms with E-state index in [0.717, 1.165) is 6.42 Å². The summed E-state index contributed by atoms with van der Waals surface area (Å²) in [4.78, 5) is 0. The lowest BCUT2D eigenvalue weighted by Gasteiger charge is -2.17. The maximum Gasteiger partial charge on any atom is -0.00264 e. The van der Waals surface area contributed by atoms with Crippen LogP contribution in [0.2, 0.25) is 0 Å². The zero-order valence-electron chi connectivity index (χ0n) is 19.6. The number of allylic oxidation sites excluding steroid dienone is 3. The first-order valence-electron chi connectivity index (χ1n) is 12.1. The van der Waals surface area contributed by atoms with Gasteiger partial charge < -0.3 is 0 Å². The monoisotopic (exact) mass is 446 g/mol. The van der Waals surface area contributed by atoms with Crippen molar-refractivity contribution in [1.82, 2.24) is 0 Å². The Morgan fingerprint density at radius 1 is 0.543 bits per heavy atom. The molecule has 0 fully saturated rings. The largest absolute Gasteiger partial charge is 0.0991 e. The van der Waals surface area contributed by atoms with Crippen molar-refractivity contribution < 1.29 is 0 Å². The first kappa shape index (κ1) is 21.1. The molecule has 0 saturated heterocycles. The standard InChI is InChI=1S/C35H26/c1-2-3-4-18-30-31-19-7-9-21-33(31)35(34-22-10-8-20-32(30)34)27-16-11-15-26(24-27)29-23-12-14-25-13-5-6-17-28(25)29/h2-17,19-24H,1,18H2/b4-3-. The van der Waals surface area contributed by atoms with E-state index < -0.39 is 0 Å². The van der Waals surface area contributed by atoms with Gasteiger partial charge in [0.05, 0.1) is 0 Å². The van der Waals surface area contributed by atoms with Crippen LogP contribution in [-0.4, -0.2) is 0 Å². The van der Waals surface area contributed by atoms with Gasteiger partial charge in [0.2, 0.25) is 0 Å². The van der Waals surface area contributed by atoms with Crippen molar-refractivity contribution in [3.63, 3.8) is 0 Å². The van der Waals surface area contributed by atoms with Gasteiger partial charge in [-0.15, -0.1) is 0 Å². The lowest BCUT2D eigenvalue weighted by molar-refractivity contribution is 1.33. The highest BCUT2D eigenvalue weighted by Crippen LogP contribution is 2.41. The summed E-state index contributed by atoms with van der Waals surface area (Å²) >= 11 is 0. The molecule has 0 saturated carbocycles. The van der Waals surface area contributed by atoms with Crippen molar-refractivity contribution >= 4 is 32.3 Å². The predicted molar refractivity (Wildman–Crippen MR) is 153 cm³/mol. The third-order valence-corrected chi connectivity index (χ3v) is 6.89. The van der Waals surface area contributed by atoms with Crippen LogP contribution in [0.1, 0.15) is 5.56 Å². The van der Waals surface area contributed by atoms with Crippen LogP contribution in [0.15, 0.2) is 140 Å². The van der Waals surface area contributed by atoms with Crippen molar-refractivity contribution in [1.29, 1.82) is 0 Å². The molecule has 6 aromatic rings. The predicted octanol–water partition coefficient (Wildman–Crippen LogP) is 9.76. The molecule has 0 aliphatic heterocycles. The Morgan fingerprint density at radius 3 is 1.83 bits per heavy atom. The number of hydrogen-bond donors (Lipinski definition) is 0. The Labute approximate surface area is 206 Å². The molecule has 0 aliphatic rings. The molecule has 0 atom stereocenters. The topological polar surface area (TPSA) is 0 Å². The molecule has 0 heterocycles. The summed E-state index contributed by atoms with van der Waals surface area (Å²) in [5.74, 6) is 0. The Morgan fingerprint density at radius 2 is 1.11 bits per heavy atom. The van der Waals surface area contributed by atoms with Gasteiger partial charge in [0.1, 0.15) is 0 Å². The molecule has 0 bridgehead atoms. The maximum absolute atomic E-state index is 3.84. The summed E-state index contributed by atoms with van der Waals surface area (Å²) in [7, 11) is 0. The van der Waals surface area contributed by atoms with E-state index in [4.69, 9.17) is 0 Å². The second-order valence-corrected chi connectivity index (χ2v) is 8.92. The minimum Gasteiger partial charge on any atom is -0.0991 e. The molecule has 0 amide bonds. The summed E-state index contributed by atoms with van der Waals surface area (Å²) in [5.41, 5.74) is 6.42. The highest BCUT2D eigenvalue weighted by molar-refractivity contribution is 6.15. The first-order valence-corrected chi connectivity index (χ1v) is 12.1. The zero-order valence-corrected chi connectivity index (χ0v) is 19.6. The minimum absolute atomic E-state index is 0.878. The van der Waals surface area contributed by atoms with Crippen LogP contribution in [-0.2, 0) is 6.42 Å². The molecule has 0 radical (unpaired) electrons. The molecule has 0 aliphatic carbocycles. The third kappa shape index (κ3) is 3.74. The molecule has 0 spiro atoms. The Hall–Kier alpha value is -4.42. The fourth-order valence-electron chi connectivity index (χ4n) is 5.35. The molecular weight excluding hydrogens is 420 g/mol. The molecule has 0 nitrogen and oxygen atoms in total. The van der Waals surface area contributed by atoms with Gasteiger partial charge in [-0.25, -0.2) is 0 Å². The quantitative estimate of drug-likeness (QED) is 0.183. The second kappa shape index (κ2) is 9.08. The SMILES string of the molecule is C=C/C=C\Cc1c2ccccc2c(-c2cccc(-c3cccc4ccccc34)c2)c2ccccc12. The average molecular weight is 447 g/mol. The average Bonchev–Trinajstić information content (AvgIpc) is 2.92. The van der Waals surface area contributed by atoms with E-state index >= 15 is 0 Å². The van der Waals surface area contributed by atoms with E-state index in [1.165, 1.54) is 60.1 Å². The van der Waals surface area contributed by atoms with Crippen LogP contribution in [0.25, 0.3) is 54.6 Å². The van der Waals surface area contributed by atoms with Gasteiger partial charge in [0.25, 0.3) is 0 Å². The fraction of sp³-hybridized carbons (Fsp3) is 0.0286. The molecule has 0 aromatic heterocycles. The van der Waals surface area contributed by atoms with Crippen LogP contribution in [0.5, 0.6) is 0 Å². The Bertz CT molecular complexity index is 1670. The summed E-state index contributed by atoms with van der Waals surface area (Å²) in [6.07, 6.45) is 6.95. The highest BCUT2D eigenvalue weighted by Gasteiger charge is 2.15. The molecule has 166 valence electrons. The second-order valence-electron chi connectivity index (χ2n) is 8.92. The van der Waals surface area contributed by atoms with E-state index in [0.29, 0.717) is 0 Å². The molecule has 6 aromatic carbocycles. The third-order valence-electron chi connectivity index (χ3n) is 6.89. The van der Waals surface area contributed by atoms with Crippen LogP contribution in [0, 0.1) is 0 Å². The van der Waals surface area contributed by atoms with Gasteiger partial charge >= 0.3 is 0 Å². The molecule has 0 N–H and O–H groups in total. The van der Waals surface area contributed by atoms with Crippen molar-refractivity contribution in [2.75, 3.05) is 0 Å². The van der Waals surface area contributed by atoms with Gasteiger partial charge in [-0.2, -0.15) is 0 Å². The molecule has 0 heteroatoms. The van der Waals surface area contributed by atoms with E-state index in [9.17, 15) is 0 Å². The van der Waals surface area contributed by atoms with E-state index in [1.54, 1.807) is 0 Å². The summed E-state index contributed by atoms with van der Waals surface area (Å²) in [5, 5.41) is 7.76. The number of rotatable bonds is 5. The van der Waals surface area contributed by atoms with Crippen molar-refractivity contribution in [3.05, 3.63) is 146 Å². The van der Waals surface area contributed by atoms with Crippen LogP contribution < -0.4 is 0 Å². The number of benzene rings is 6. The summed E-state index contributed by atoms with van der Waals surface area (Å²) in [6.45, 7) is 3.84. The first-order chi connectivity index (χ1) is 17.3. The van der Waals surface area contributed by atoms with Gasteiger partial charge in [-0.3, -0.25) is 0 Å². The fourth-order valence-corrected chi connectivity index (χ4v) is 5.35. The minimum atomic E-state index is 0.878. The van der Waals surface area contributed by atoms with Crippen molar-refractivity contribution in [2.45, 2.75) is 6.42 Å². The summed E-state index contributed by atoms with van der Waals surface area (Å²) < 4.78 is 0. The van der Waals surface area contributed by atoms with E-state index in [1.807, 2.05) is 12.2 Å². The number of hydrogen-bond acceptors (Lipinski definition) is 0. The molecule has 35 heavy (non-hydrogen) atoms. The van der Waals surface area contributed by atoms with Gasteiger partial charge in [-0.1, -0.05) is 134 Å². The van der Waals surface area contributed by atoms with E-state index in [2.05, 4.69) is 128 Å². The van der Waals surface area contributed by atoms with Crippen LogP contribution >= 0.6 is 0 Å². The van der Waals surface area contributed by atoms with Gasteiger partial charge in [0, 0.05) is 0 Å². The molecular formula is C35H26. The Kier molecular flexibility index (Phi) is 5.48. The Balaban J connectivity index is 1.63. The van der Waals surface area contributed by atoms with Crippen LogP contribution in [0.3, 0.4) is 0 Å².